The minimum Gasteiger partial charge on any atom is -0.395 e. The van der Waals surface area contributed by atoms with Gasteiger partial charge in [0.2, 0.25) is 0 Å². The summed E-state index contributed by atoms with van der Waals surface area (Å²) in [6, 6.07) is 6.78. The lowest BCUT2D eigenvalue weighted by Gasteiger charge is -2.24. The molecular formula is C16H17F2N3O3. The van der Waals surface area contributed by atoms with E-state index in [-0.39, 0.29) is 11.5 Å². The minimum atomic E-state index is -3.58. The van der Waals surface area contributed by atoms with E-state index in [1.54, 1.807) is 12.1 Å². The van der Waals surface area contributed by atoms with E-state index in [0.717, 1.165) is 30.1 Å². The Labute approximate surface area is 137 Å². The normalized spacial score (nSPS) is 18.8. The largest absolute Gasteiger partial charge is 0.586 e. The van der Waals surface area contributed by atoms with Gasteiger partial charge in [-0.1, -0.05) is 11.2 Å². The standard InChI is InChI=1S/C16H17F2N3O3/c1-21(9-12-5-13(20-24-12)11-6-19-7-11)8-10-2-3-14-15(4-10)23-16(17,18)22-14/h2-5,11,19H,6-9H2,1H3. The molecule has 0 saturated carbocycles. The highest BCUT2D eigenvalue weighted by Crippen LogP contribution is 2.41. The smallest absolute Gasteiger partial charge is 0.395 e. The molecule has 24 heavy (non-hydrogen) atoms. The van der Waals surface area contributed by atoms with Gasteiger partial charge in [0.25, 0.3) is 0 Å². The van der Waals surface area contributed by atoms with Crippen LogP contribution in [0.4, 0.5) is 8.78 Å². The number of ether oxygens (including phenoxy) is 2. The number of hydrogen-bond donors (Lipinski definition) is 1. The zero-order valence-corrected chi connectivity index (χ0v) is 13.1. The van der Waals surface area contributed by atoms with Crippen LogP contribution in [0, 0.1) is 0 Å². The highest BCUT2D eigenvalue weighted by molar-refractivity contribution is 5.45. The fraction of sp³-hybridized carbons (Fsp3) is 0.438. The number of benzene rings is 1. The average molecular weight is 337 g/mol. The number of nitrogens with zero attached hydrogens (tertiary/aromatic N) is 2. The molecule has 2 aliphatic heterocycles. The zero-order valence-electron chi connectivity index (χ0n) is 13.1. The van der Waals surface area contributed by atoms with Gasteiger partial charge in [-0.25, -0.2) is 0 Å². The highest BCUT2D eigenvalue weighted by Gasteiger charge is 2.43. The van der Waals surface area contributed by atoms with Crippen LogP contribution in [0.5, 0.6) is 11.5 Å². The predicted molar refractivity (Wildman–Crippen MR) is 79.9 cm³/mol. The average Bonchev–Trinajstić information content (AvgIpc) is 2.99. The number of nitrogens with one attached hydrogen (secondary N) is 1. The van der Waals surface area contributed by atoms with Crippen LogP contribution in [0.15, 0.2) is 28.8 Å². The van der Waals surface area contributed by atoms with Crippen molar-refractivity contribution in [1.82, 2.24) is 15.4 Å². The fourth-order valence-corrected chi connectivity index (χ4v) is 2.82. The summed E-state index contributed by atoms with van der Waals surface area (Å²) >= 11 is 0. The van der Waals surface area contributed by atoms with Gasteiger partial charge < -0.3 is 19.3 Å². The van der Waals surface area contributed by atoms with E-state index in [9.17, 15) is 8.78 Å². The lowest BCUT2D eigenvalue weighted by atomic mass is 9.99. The maximum atomic E-state index is 13.0. The van der Waals surface area contributed by atoms with Crippen LogP contribution >= 0.6 is 0 Å². The molecule has 1 aromatic carbocycles. The molecule has 8 heteroatoms. The van der Waals surface area contributed by atoms with Crippen molar-refractivity contribution in [3.63, 3.8) is 0 Å². The number of hydrogen-bond acceptors (Lipinski definition) is 6. The molecule has 1 aromatic heterocycles. The highest BCUT2D eigenvalue weighted by atomic mass is 19.3. The van der Waals surface area contributed by atoms with Crippen molar-refractivity contribution in [2.45, 2.75) is 25.3 Å². The molecule has 2 aromatic rings. The predicted octanol–water partition coefficient (Wildman–Crippen LogP) is 2.31. The van der Waals surface area contributed by atoms with Crippen LogP contribution in [0.1, 0.15) is 22.9 Å². The summed E-state index contributed by atoms with van der Waals surface area (Å²) in [6.07, 6.45) is -3.58. The molecule has 4 rings (SSSR count). The summed E-state index contributed by atoms with van der Waals surface area (Å²) in [7, 11) is 1.92. The van der Waals surface area contributed by atoms with E-state index >= 15 is 0 Å². The maximum absolute atomic E-state index is 13.0. The zero-order chi connectivity index (χ0) is 16.7. The number of fused-ring (bicyclic) bond motifs is 1. The van der Waals surface area contributed by atoms with Gasteiger partial charge in [0, 0.05) is 31.6 Å². The van der Waals surface area contributed by atoms with Crippen molar-refractivity contribution in [2.24, 2.45) is 0 Å². The van der Waals surface area contributed by atoms with Gasteiger partial charge in [-0.05, 0) is 24.7 Å². The van der Waals surface area contributed by atoms with E-state index in [0.29, 0.717) is 19.0 Å². The SMILES string of the molecule is CN(Cc1ccc2c(c1)OC(F)(F)O2)Cc1cc(C2CNC2)no1. The van der Waals surface area contributed by atoms with Gasteiger partial charge in [0.1, 0.15) is 0 Å². The third-order valence-electron chi connectivity index (χ3n) is 4.12. The Hall–Kier alpha value is -2.19. The van der Waals surface area contributed by atoms with E-state index in [1.165, 1.54) is 6.07 Å². The minimum absolute atomic E-state index is 0.0559. The summed E-state index contributed by atoms with van der Waals surface area (Å²) in [5, 5.41) is 7.30. The third-order valence-corrected chi connectivity index (χ3v) is 4.12. The Morgan fingerprint density at radius 1 is 1.21 bits per heavy atom. The Bertz CT molecular complexity index is 746. The second-order valence-corrected chi connectivity index (χ2v) is 6.19. The van der Waals surface area contributed by atoms with Crippen molar-refractivity contribution >= 4 is 0 Å². The molecule has 6 nitrogen and oxygen atoms in total. The fourth-order valence-electron chi connectivity index (χ4n) is 2.82. The molecule has 1 N–H and O–H groups in total. The van der Waals surface area contributed by atoms with Gasteiger partial charge in [0.15, 0.2) is 17.3 Å². The first-order chi connectivity index (χ1) is 11.5. The first-order valence-corrected chi connectivity index (χ1v) is 7.72. The lowest BCUT2D eigenvalue weighted by molar-refractivity contribution is -0.286. The first kappa shape index (κ1) is 15.3. The summed E-state index contributed by atoms with van der Waals surface area (Å²) in [6.45, 7) is 3.01. The summed E-state index contributed by atoms with van der Waals surface area (Å²) in [5.74, 6) is 1.33. The maximum Gasteiger partial charge on any atom is 0.586 e. The van der Waals surface area contributed by atoms with E-state index in [4.69, 9.17) is 4.52 Å². The van der Waals surface area contributed by atoms with Gasteiger partial charge in [-0.2, -0.15) is 0 Å². The van der Waals surface area contributed by atoms with Crippen molar-refractivity contribution in [1.29, 1.82) is 0 Å². The number of halogens is 2. The summed E-state index contributed by atoms with van der Waals surface area (Å²) in [5.41, 5.74) is 1.82. The Balaban J connectivity index is 1.38. The molecule has 1 fully saturated rings. The lowest BCUT2D eigenvalue weighted by Crippen LogP contribution is -2.40. The molecule has 128 valence electrons. The Morgan fingerprint density at radius 3 is 2.75 bits per heavy atom. The quantitative estimate of drug-likeness (QED) is 0.904. The number of aromatic nitrogens is 1. The molecule has 0 aliphatic carbocycles. The van der Waals surface area contributed by atoms with Crippen LogP contribution in [0.25, 0.3) is 0 Å². The molecule has 2 aliphatic rings. The van der Waals surface area contributed by atoms with E-state index in [1.807, 2.05) is 18.0 Å². The van der Waals surface area contributed by atoms with Gasteiger partial charge in [0.05, 0.1) is 12.2 Å². The second kappa shape index (κ2) is 5.71. The summed E-state index contributed by atoms with van der Waals surface area (Å²) < 4.78 is 40.3. The van der Waals surface area contributed by atoms with Crippen LogP contribution in [-0.2, 0) is 13.1 Å². The van der Waals surface area contributed by atoms with Crippen molar-refractivity contribution in [2.75, 3.05) is 20.1 Å². The first-order valence-electron chi connectivity index (χ1n) is 7.72. The van der Waals surface area contributed by atoms with Crippen LogP contribution in [0.2, 0.25) is 0 Å². The third kappa shape index (κ3) is 3.07. The number of alkyl halides is 2. The molecule has 0 bridgehead atoms. The summed E-state index contributed by atoms with van der Waals surface area (Å²) in [4.78, 5) is 2.01. The molecule has 0 amide bonds. The van der Waals surface area contributed by atoms with Crippen LogP contribution in [-0.4, -0.2) is 36.5 Å². The van der Waals surface area contributed by atoms with Crippen molar-refractivity contribution < 1.29 is 22.8 Å². The van der Waals surface area contributed by atoms with Gasteiger partial charge in [-0.3, -0.25) is 4.90 Å². The van der Waals surface area contributed by atoms with E-state index < -0.39 is 6.29 Å². The Kier molecular flexibility index (Phi) is 3.65. The molecule has 0 radical (unpaired) electrons. The molecule has 0 spiro atoms. The van der Waals surface area contributed by atoms with Crippen molar-refractivity contribution in [3.8, 4) is 11.5 Å². The van der Waals surface area contributed by atoms with Gasteiger partial charge >= 0.3 is 6.29 Å². The monoisotopic (exact) mass is 337 g/mol. The molecule has 0 atom stereocenters. The van der Waals surface area contributed by atoms with E-state index in [2.05, 4.69) is 19.9 Å². The van der Waals surface area contributed by atoms with Crippen molar-refractivity contribution in [3.05, 3.63) is 41.3 Å². The molecule has 0 unspecified atom stereocenters. The molecular weight excluding hydrogens is 320 g/mol. The second-order valence-electron chi connectivity index (χ2n) is 6.19. The molecule has 3 heterocycles. The Morgan fingerprint density at radius 2 is 2.00 bits per heavy atom. The van der Waals surface area contributed by atoms with Gasteiger partial charge in [-0.15, -0.1) is 8.78 Å². The van der Waals surface area contributed by atoms with Crippen LogP contribution in [0.3, 0.4) is 0 Å². The number of rotatable bonds is 5. The molecule has 1 saturated heterocycles. The topological polar surface area (TPSA) is 59.8 Å². The van der Waals surface area contributed by atoms with Crippen LogP contribution < -0.4 is 14.8 Å².